The van der Waals surface area contributed by atoms with E-state index >= 15 is 0 Å². The van der Waals surface area contributed by atoms with Crippen molar-refractivity contribution >= 4 is 40.3 Å². The number of aliphatic carboxylic acids is 1. The number of hydrogen-bond acceptors (Lipinski definition) is 6. The number of anilines is 2. The quantitative estimate of drug-likeness (QED) is 0.803. The number of thioether (sulfide) groups is 1. The molecule has 2 aromatic rings. The van der Waals surface area contributed by atoms with Crippen molar-refractivity contribution in [1.82, 2.24) is 0 Å². The van der Waals surface area contributed by atoms with E-state index < -0.39 is 29.0 Å². The van der Waals surface area contributed by atoms with Crippen LogP contribution >= 0.6 is 11.8 Å². The third-order valence-electron chi connectivity index (χ3n) is 4.00. The van der Waals surface area contributed by atoms with Crippen molar-refractivity contribution in [2.24, 2.45) is 0 Å². The molecule has 3 rings (SSSR count). The second-order valence-electron chi connectivity index (χ2n) is 6.09. The lowest BCUT2D eigenvalue weighted by atomic mass is 10.2. The number of benzene rings is 2. The maximum Gasteiger partial charge on any atom is 0.295 e. The van der Waals surface area contributed by atoms with Gasteiger partial charge in [0.2, 0.25) is 0 Å². The number of hydrogen-bond donors (Lipinski definition) is 0. The van der Waals surface area contributed by atoms with Crippen LogP contribution in [0.4, 0.5) is 16.2 Å². The highest BCUT2D eigenvalue weighted by molar-refractivity contribution is 8.16. The van der Waals surface area contributed by atoms with E-state index in [1.54, 1.807) is 36.4 Å². The molecular weight excluding hydrogens is 352 g/mol. The van der Waals surface area contributed by atoms with Crippen molar-refractivity contribution in [3.05, 3.63) is 59.7 Å². The Bertz CT molecular complexity index is 883. The van der Waals surface area contributed by atoms with Gasteiger partial charge >= 0.3 is 0 Å². The van der Waals surface area contributed by atoms with Gasteiger partial charge in [0.15, 0.2) is 5.37 Å². The van der Waals surface area contributed by atoms with Gasteiger partial charge in [-0.25, -0.2) is 4.90 Å². The summed E-state index contributed by atoms with van der Waals surface area (Å²) < 4.78 is 0. The molecule has 2 aromatic carbocycles. The zero-order chi connectivity index (χ0) is 18.8. The predicted molar refractivity (Wildman–Crippen MR) is 99.0 cm³/mol. The van der Waals surface area contributed by atoms with Crippen LogP contribution in [-0.2, 0) is 9.59 Å². The van der Waals surface area contributed by atoms with Crippen LogP contribution in [0.25, 0.3) is 0 Å². The van der Waals surface area contributed by atoms with E-state index in [2.05, 4.69) is 0 Å². The van der Waals surface area contributed by atoms with Crippen molar-refractivity contribution in [2.75, 3.05) is 16.3 Å². The van der Waals surface area contributed by atoms with Gasteiger partial charge in [-0.1, -0.05) is 24.3 Å². The normalized spacial score (nSPS) is 16.8. The first-order valence-corrected chi connectivity index (χ1v) is 8.89. The second kappa shape index (κ2) is 7.21. The molecule has 134 valence electrons. The molecule has 1 unspecified atom stereocenters. The number of amides is 2. The van der Waals surface area contributed by atoms with Crippen molar-refractivity contribution in [3.63, 3.8) is 0 Å². The van der Waals surface area contributed by atoms with E-state index in [9.17, 15) is 19.5 Å². The first kappa shape index (κ1) is 18.0. The summed E-state index contributed by atoms with van der Waals surface area (Å²) in [4.78, 5) is 39.1. The number of aryl methyl sites for hydroxylation is 2. The van der Waals surface area contributed by atoms with Gasteiger partial charge < -0.3 is 14.8 Å². The van der Waals surface area contributed by atoms with E-state index in [1.165, 1.54) is 4.90 Å². The summed E-state index contributed by atoms with van der Waals surface area (Å²) in [5.74, 6) is -1.78. The molecule has 0 aliphatic carbocycles. The largest absolute Gasteiger partial charge is 0.548 e. The molecule has 1 aliphatic heterocycles. The molecular formula is C19H17N2O4S-. The minimum Gasteiger partial charge on any atom is -0.548 e. The van der Waals surface area contributed by atoms with E-state index in [0.717, 1.165) is 27.8 Å². The number of imide groups is 1. The zero-order valence-corrected chi connectivity index (χ0v) is 15.2. The number of carboxylic acids is 1. The maximum atomic E-state index is 12.9. The first-order chi connectivity index (χ1) is 12.4. The SMILES string of the molecule is Cc1cccc(N2C(=O)SC(N(CC(=O)[O-])c3cccc(C)c3)C2=O)c1. The molecule has 1 heterocycles. The predicted octanol–water partition coefficient (Wildman–Crippen LogP) is 2.09. The van der Waals surface area contributed by atoms with Gasteiger partial charge in [0, 0.05) is 5.69 Å². The van der Waals surface area contributed by atoms with Crippen LogP contribution < -0.4 is 14.9 Å². The summed E-state index contributed by atoms with van der Waals surface area (Å²) in [7, 11) is 0. The average Bonchev–Trinajstić information content (AvgIpc) is 2.87. The number of carbonyl (C=O) groups is 3. The Balaban J connectivity index is 1.96. The zero-order valence-electron chi connectivity index (χ0n) is 14.3. The van der Waals surface area contributed by atoms with Crippen molar-refractivity contribution < 1.29 is 19.5 Å². The summed E-state index contributed by atoms with van der Waals surface area (Å²) in [6.07, 6.45) is 0. The minimum absolute atomic E-state index is 0.429. The highest BCUT2D eigenvalue weighted by atomic mass is 32.2. The highest BCUT2D eigenvalue weighted by Gasteiger charge is 2.44. The number of nitrogens with zero attached hydrogens (tertiary/aromatic N) is 2. The molecule has 2 amide bonds. The van der Waals surface area contributed by atoms with Crippen LogP contribution in [0, 0.1) is 13.8 Å². The molecule has 6 nitrogen and oxygen atoms in total. The lowest BCUT2D eigenvalue weighted by Gasteiger charge is -2.29. The Morgan fingerprint density at radius 1 is 1.12 bits per heavy atom. The summed E-state index contributed by atoms with van der Waals surface area (Å²) in [5, 5.41) is 9.85. The van der Waals surface area contributed by atoms with E-state index in [1.807, 2.05) is 26.0 Å². The molecule has 0 radical (unpaired) electrons. The Labute approximate surface area is 155 Å². The topological polar surface area (TPSA) is 80.8 Å². The molecule has 0 N–H and O–H groups in total. The molecule has 0 bridgehead atoms. The van der Waals surface area contributed by atoms with Gasteiger partial charge in [-0.3, -0.25) is 9.59 Å². The average molecular weight is 369 g/mol. The van der Waals surface area contributed by atoms with Crippen LogP contribution in [-0.4, -0.2) is 29.0 Å². The third kappa shape index (κ3) is 3.57. The van der Waals surface area contributed by atoms with Crippen LogP contribution in [0.2, 0.25) is 0 Å². The molecule has 1 fully saturated rings. The molecule has 7 heteroatoms. The number of carboxylic acid groups (broad SMARTS) is 1. The summed E-state index contributed by atoms with van der Waals surface area (Å²) in [6, 6.07) is 14.2. The van der Waals surface area contributed by atoms with E-state index in [0.29, 0.717) is 11.4 Å². The van der Waals surface area contributed by atoms with Crippen LogP contribution in [0.3, 0.4) is 0 Å². The summed E-state index contributed by atoms with van der Waals surface area (Å²) in [5.41, 5.74) is 2.87. The van der Waals surface area contributed by atoms with Gasteiger partial charge in [-0.05, 0) is 61.0 Å². The van der Waals surface area contributed by atoms with Crippen LogP contribution in [0.15, 0.2) is 48.5 Å². The Hall–Kier alpha value is -2.80. The lowest BCUT2D eigenvalue weighted by Crippen LogP contribution is -2.47. The first-order valence-electron chi connectivity index (χ1n) is 8.01. The van der Waals surface area contributed by atoms with Gasteiger partial charge in [0.1, 0.15) is 0 Å². The fourth-order valence-electron chi connectivity index (χ4n) is 2.85. The molecule has 26 heavy (non-hydrogen) atoms. The Morgan fingerprint density at radius 3 is 2.38 bits per heavy atom. The molecule has 0 aromatic heterocycles. The molecule has 1 atom stereocenters. The molecule has 0 spiro atoms. The molecule has 1 saturated heterocycles. The van der Waals surface area contributed by atoms with Crippen LogP contribution in [0.5, 0.6) is 0 Å². The standard InChI is InChI=1S/C19H18N2O4S/c1-12-5-3-7-14(9-12)20(11-16(22)23)18-17(24)21(19(25)26-18)15-8-4-6-13(2)10-15/h3-10,18H,11H2,1-2H3,(H,22,23)/p-1. The number of carbonyl (C=O) groups excluding carboxylic acids is 3. The monoisotopic (exact) mass is 369 g/mol. The summed E-state index contributed by atoms with van der Waals surface area (Å²) in [6.45, 7) is 3.25. The highest BCUT2D eigenvalue weighted by Crippen LogP contribution is 2.36. The van der Waals surface area contributed by atoms with Crippen molar-refractivity contribution in [3.8, 4) is 0 Å². The van der Waals surface area contributed by atoms with Crippen molar-refractivity contribution in [2.45, 2.75) is 19.2 Å². The third-order valence-corrected chi connectivity index (χ3v) is 5.07. The molecule has 0 saturated carbocycles. The maximum absolute atomic E-state index is 12.9. The second-order valence-corrected chi connectivity index (χ2v) is 7.12. The Kier molecular flexibility index (Phi) is 4.99. The smallest absolute Gasteiger partial charge is 0.295 e. The van der Waals surface area contributed by atoms with Crippen molar-refractivity contribution in [1.29, 1.82) is 0 Å². The van der Waals surface area contributed by atoms with Gasteiger partial charge in [0.05, 0.1) is 18.2 Å². The van der Waals surface area contributed by atoms with Gasteiger partial charge in [0.25, 0.3) is 11.1 Å². The van der Waals surface area contributed by atoms with E-state index in [4.69, 9.17) is 0 Å². The number of rotatable bonds is 5. The molecule has 1 aliphatic rings. The fourth-order valence-corrected chi connectivity index (χ4v) is 3.87. The lowest BCUT2D eigenvalue weighted by molar-refractivity contribution is -0.303. The summed E-state index contributed by atoms with van der Waals surface area (Å²) >= 11 is 0.806. The van der Waals surface area contributed by atoms with Gasteiger partial charge in [-0.15, -0.1) is 0 Å². The van der Waals surface area contributed by atoms with Crippen LogP contribution in [0.1, 0.15) is 11.1 Å². The van der Waals surface area contributed by atoms with E-state index in [-0.39, 0.29) is 0 Å². The van der Waals surface area contributed by atoms with Gasteiger partial charge in [-0.2, -0.15) is 0 Å². The Morgan fingerprint density at radius 2 is 1.77 bits per heavy atom. The minimum atomic E-state index is -1.32. The fraction of sp³-hybridized carbons (Fsp3) is 0.211.